The number of hydrogen-bond acceptors (Lipinski definition) is 4. The smallest absolute Gasteiger partial charge is 0.321 e. The first-order chi connectivity index (χ1) is 17.4. The van der Waals surface area contributed by atoms with E-state index in [0.29, 0.717) is 41.4 Å². The summed E-state index contributed by atoms with van der Waals surface area (Å²) < 4.78 is 24.5. The molecule has 2 unspecified atom stereocenters. The van der Waals surface area contributed by atoms with Crippen LogP contribution in [0.5, 0.6) is 11.5 Å². The number of piperidine rings is 1. The van der Waals surface area contributed by atoms with Crippen LogP contribution >= 0.6 is 0 Å². The van der Waals surface area contributed by atoms with Crippen LogP contribution in [0.15, 0.2) is 66.7 Å². The zero-order valence-electron chi connectivity index (χ0n) is 20.6. The second-order valence-electron chi connectivity index (χ2n) is 8.90. The number of carbonyl (C=O) groups excluding carboxylic acids is 2. The number of nitrogens with zero attached hydrogens (tertiary/aromatic N) is 1. The summed E-state index contributed by atoms with van der Waals surface area (Å²) in [5.74, 6) is -0.0187. The van der Waals surface area contributed by atoms with Crippen molar-refractivity contribution >= 4 is 23.3 Å². The summed E-state index contributed by atoms with van der Waals surface area (Å²) in [4.78, 5) is 28.1. The number of rotatable bonds is 6. The summed E-state index contributed by atoms with van der Waals surface area (Å²) in [6, 6.07) is 19.0. The topological polar surface area (TPSA) is 79.9 Å². The number of aryl methyl sites for hydroxylation is 1. The third kappa shape index (κ3) is 5.76. The van der Waals surface area contributed by atoms with Crippen molar-refractivity contribution in [2.45, 2.75) is 19.3 Å². The van der Waals surface area contributed by atoms with Crippen molar-refractivity contribution < 1.29 is 23.5 Å². The van der Waals surface area contributed by atoms with Crippen molar-refractivity contribution in [2.24, 2.45) is 5.92 Å². The number of ether oxygens (including phenoxy) is 2. The second kappa shape index (κ2) is 11.1. The molecule has 1 aliphatic heterocycles. The zero-order valence-corrected chi connectivity index (χ0v) is 20.6. The minimum atomic E-state index is -0.469. The van der Waals surface area contributed by atoms with Gasteiger partial charge in [-0.3, -0.25) is 4.79 Å². The Bertz CT molecular complexity index is 1230. The highest BCUT2D eigenvalue weighted by Gasteiger charge is 2.35. The number of carbonyl (C=O) groups is 2. The van der Waals surface area contributed by atoms with E-state index in [1.807, 2.05) is 30.3 Å². The van der Waals surface area contributed by atoms with E-state index in [9.17, 15) is 14.0 Å². The number of benzene rings is 3. The Hall–Kier alpha value is -4.07. The number of nitrogens with one attached hydrogen (secondary N) is 2. The molecule has 3 aromatic rings. The molecule has 2 atom stereocenters. The van der Waals surface area contributed by atoms with Gasteiger partial charge in [0.1, 0.15) is 5.82 Å². The van der Waals surface area contributed by atoms with Gasteiger partial charge in [0.25, 0.3) is 0 Å². The van der Waals surface area contributed by atoms with Gasteiger partial charge in [-0.05, 0) is 54.8 Å². The maximum Gasteiger partial charge on any atom is 0.321 e. The second-order valence-corrected chi connectivity index (χ2v) is 8.90. The average molecular weight is 492 g/mol. The Kier molecular flexibility index (Phi) is 7.73. The van der Waals surface area contributed by atoms with E-state index in [2.05, 4.69) is 10.6 Å². The van der Waals surface area contributed by atoms with Crippen molar-refractivity contribution in [1.29, 1.82) is 0 Å². The molecule has 2 N–H and O–H groups in total. The molecule has 8 heteroatoms. The largest absolute Gasteiger partial charge is 0.493 e. The normalized spacial score (nSPS) is 17.3. The molecule has 36 heavy (non-hydrogen) atoms. The van der Waals surface area contributed by atoms with E-state index in [1.165, 1.54) is 13.2 Å². The van der Waals surface area contributed by atoms with Crippen LogP contribution in [0.2, 0.25) is 0 Å². The van der Waals surface area contributed by atoms with Gasteiger partial charge in [0.15, 0.2) is 11.5 Å². The highest BCUT2D eigenvalue weighted by Crippen LogP contribution is 2.34. The van der Waals surface area contributed by atoms with Crippen molar-refractivity contribution in [3.05, 3.63) is 83.7 Å². The average Bonchev–Trinajstić information content (AvgIpc) is 2.90. The standard InChI is InChI=1S/C28H30FN3O4/c1-18-13-19(9-11-24(18)29)20-14-21(17-32(16-20)28(34)31-22-7-5-4-6-8-22)27(33)30-23-10-12-25(35-2)26(15-23)36-3/h4-13,15,20-21H,14,16-17H2,1-3H3,(H,30,33)(H,31,34). The molecule has 1 fully saturated rings. The van der Waals surface area contributed by atoms with Gasteiger partial charge in [-0.25, -0.2) is 9.18 Å². The van der Waals surface area contributed by atoms with E-state index >= 15 is 0 Å². The van der Waals surface area contributed by atoms with Gasteiger partial charge in [0.2, 0.25) is 5.91 Å². The Morgan fingerprint density at radius 2 is 1.64 bits per heavy atom. The van der Waals surface area contributed by atoms with Crippen molar-refractivity contribution in [3.63, 3.8) is 0 Å². The molecule has 0 spiro atoms. The predicted molar refractivity (Wildman–Crippen MR) is 137 cm³/mol. The molecule has 1 saturated heterocycles. The highest BCUT2D eigenvalue weighted by atomic mass is 19.1. The van der Waals surface area contributed by atoms with Crippen LogP contribution in [0.4, 0.5) is 20.6 Å². The van der Waals surface area contributed by atoms with Gasteiger partial charge >= 0.3 is 6.03 Å². The van der Waals surface area contributed by atoms with Crippen molar-refractivity contribution in [2.75, 3.05) is 37.9 Å². The third-order valence-electron chi connectivity index (χ3n) is 6.44. The summed E-state index contributed by atoms with van der Waals surface area (Å²) in [6.07, 6.45) is 0.527. The maximum atomic E-state index is 13.9. The number of likely N-dealkylation sites (tertiary alicyclic amines) is 1. The fourth-order valence-electron chi connectivity index (χ4n) is 4.50. The Balaban J connectivity index is 1.56. The van der Waals surface area contributed by atoms with Crippen LogP contribution in [-0.4, -0.2) is 44.1 Å². The summed E-state index contributed by atoms with van der Waals surface area (Å²) in [6.45, 7) is 2.39. The fraction of sp³-hybridized carbons (Fsp3) is 0.286. The van der Waals surface area contributed by atoms with E-state index in [0.717, 1.165) is 5.56 Å². The molecular formula is C28H30FN3O4. The molecule has 4 rings (SSSR count). The maximum absolute atomic E-state index is 13.9. The summed E-state index contributed by atoms with van der Waals surface area (Å²) in [5.41, 5.74) is 2.67. The van der Waals surface area contributed by atoms with Crippen LogP contribution in [0.1, 0.15) is 23.5 Å². The van der Waals surface area contributed by atoms with E-state index < -0.39 is 5.92 Å². The Labute approximate surface area is 210 Å². The lowest BCUT2D eigenvalue weighted by molar-refractivity contribution is -0.121. The van der Waals surface area contributed by atoms with E-state index in [1.54, 1.807) is 49.3 Å². The first-order valence-corrected chi connectivity index (χ1v) is 11.8. The summed E-state index contributed by atoms with van der Waals surface area (Å²) in [5, 5.41) is 5.85. The molecule has 0 aromatic heterocycles. The summed E-state index contributed by atoms with van der Waals surface area (Å²) in [7, 11) is 3.08. The minimum absolute atomic E-state index is 0.124. The van der Waals surface area contributed by atoms with Crippen LogP contribution in [-0.2, 0) is 4.79 Å². The molecule has 188 valence electrons. The number of urea groups is 1. The molecule has 1 heterocycles. The quantitative estimate of drug-likeness (QED) is 0.482. The van der Waals surface area contributed by atoms with Crippen LogP contribution in [0.25, 0.3) is 0 Å². The lowest BCUT2D eigenvalue weighted by Crippen LogP contribution is -2.48. The fourth-order valence-corrected chi connectivity index (χ4v) is 4.50. The van der Waals surface area contributed by atoms with E-state index in [-0.39, 0.29) is 30.2 Å². The number of anilines is 2. The molecule has 0 saturated carbocycles. The Morgan fingerprint density at radius 3 is 2.33 bits per heavy atom. The molecule has 0 aliphatic carbocycles. The van der Waals surface area contributed by atoms with Crippen LogP contribution < -0.4 is 20.1 Å². The lowest BCUT2D eigenvalue weighted by Gasteiger charge is -2.37. The lowest BCUT2D eigenvalue weighted by atomic mass is 9.83. The molecule has 3 amide bonds. The molecule has 1 aliphatic rings. The SMILES string of the molecule is COc1ccc(NC(=O)C2CC(c3ccc(F)c(C)c3)CN(C(=O)Nc3ccccc3)C2)cc1OC. The van der Waals surface area contributed by atoms with Crippen LogP contribution in [0.3, 0.4) is 0 Å². The number of methoxy groups -OCH3 is 2. The number of para-hydroxylation sites is 1. The molecule has 3 aromatic carbocycles. The van der Waals surface area contributed by atoms with Crippen molar-refractivity contribution in [3.8, 4) is 11.5 Å². The molecular weight excluding hydrogens is 461 g/mol. The minimum Gasteiger partial charge on any atom is -0.493 e. The van der Waals surface area contributed by atoms with Gasteiger partial charge in [-0.2, -0.15) is 0 Å². The Morgan fingerprint density at radius 1 is 0.889 bits per heavy atom. The first kappa shape index (κ1) is 25.0. The van der Waals surface area contributed by atoms with Gasteiger partial charge in [0, 0.05) is 36.4 Å². The number of amides is 3. The first-order valence-electron chi connectivity index (χ1n) is 11.8. The number of halogens is 1. The molecule has 0 radical (unpaired) electrons. The predicted octanol–water partition coefficient (Wildman–Crippen LogP) is 5.43. The molecule has 7 nitrogen and oxygen atoms in total. The summed E-state index contributed by atoms with van der Waals surface area (Å²) >= 11 is 0. The third-order valence-corrected chi connectivity index (χ3v) is 6.44. The highest BCUT2D eigenvalue weighted by molar-refractivity contribution is 5.94. The van der Waals surface area contributed by atoms with Gasteiger partial charge in [-0.1, -0.05) is 30.3 Å². The van der Waals surface area contributed by atoms with Crippen LogP contribution in [0, 0.1) is 18.7 Å². The van der Waals surface area contributed by atoms with Crippen molar-refractivity contribution in [1.82, 2.24) is 4.90 Å². The zero-order chi connectivity index (χ0) is 25.7. The molecule has 0 bridgehead atoms. The monoisotopic (exact) mass is 491 g/mol. The van der Waals surface area contributed by atoms with Gasteiger partial charge in [0.05, 0.1) is 20.1 Å². The van der Waals surface area contributed by atoms with Gasteiger partial charge < -0.3 is 25.0 Å². The number of hydrogen-bond donors (Lipinski definition) is 2. The van der Waals surface area contributed by atoms with Gasteiger partial charge in [-0.15, -0.1) is 0 Å². The van der Waals surface area contributed by atoms with E-state index in [4.69, 9.17) is 9.47 Å².